The van der Waals surface area contributed by atoms with Crippen molar-refractivity contribution in [3.05, 3.63) is 0 Å². The van der Waals surface area contributed by atoms with Crippen LogP contribution in [0.1, 0.15) is 77.0 Å². The van der Waals surface area contributed by atoms with Crippen LogP contribution < -0.4 is 10.6 Å². The van der Waals surface area contributed by atoms with E-state index < -0.39 is 74.9 Å². The molecular weight excluding hydrogens is 556 g/mol. The Morgan fingerprint density at radius 3 is 1.12 bits per heavy atom. The van der Waals surface area contributed by atoms with Gasteiger partial charge >= 0.3 is 0 Å². The van der Waals surface area contributed by atoms with E-state index in [-0.39, 0.29) is 13.2 Å². The summed E-state index contributed by atoms with van der Waals surface area (Å²) in [5, 5.41) is 83.2. The van der Waals surface area contributed by atoms with Gasteiger partial charge in [0.2, 0.25) is 0 Å². The lowest BCUT2D eigenvalue weighted by atomic mass is 10.1. The molecule has 0 bridgehead atoms. The minimum atomic E-state index is -1.25. The van der Waals surface area contributed by atoms with Gasteiger partial charge in [-0.05, 0) is 25.9 Å². The minimum absolute atomic E-state index is 0.0965. The zero-order chi connectivity index (χ0) is 30.7. The molecule has 0 aliphatic carbocycles. The van der Waals surface area contributed by atoms with Crippen LogP contribution in [0.5, 0.6) is 0 Å². The Morgan fingerprint density at radius 1 is 0.500 bits per heavy atom. The van der Waals surface area contributed by atoms with Gasteiger partial charge in [0.25, 0.3) is 0 Å². The summed E-state index contributed by atoms with van der Waals surface area (Å²) in [5.41, 5.74) is 0. The lowest BCUT2D eigenvalue weighted by Crippen LogP contribution is -2.41. The highest BCUT2D eigenvalue weighted by atomic mass is 16.7. The summed E-state index contributed by atoms with van der Waals surface area (Å²) in [7, 11) is 0. The summed E-state index contributed by atoms with van der Waals surface area (Å²) in [6, 6.07) is 0. The quantitative estimate of drug-likeness (QED) is 0.0414. The summed E-state index contributed by atoms with van der Waals surface area (Å²) in [5.74, 6) is 0. The first-order valence-corrected chi connectivity index (χ1v) is 15.6. The van der Waals surface area contributed by atoms with E-state index in [1.54, 1.807) is 0 Å². The van der Waals surface area contributed by atoms with E-state index in [0.29, 0.717) is 25.9 Å². The smallest absolute Gasteiger partial charge is 0.188 e. The Kier molecular flexibility index (Phi) is 19.7. The van der Waals surface area contributed by atoms with Crippen molar-refractivity contribution in [1.82, 2.24) is 10.6 Å². The topological polar surface area (TPSA) is 223 Å². The average Bonchev–Trinajstić information content (AvgIpc) is 3.41. The summed E-state index contributed by atoms with van der Waals surface area (Å²) in [6.07, 6.45) is 1.77. The van der Waals surface area contributed by atoms with Crippen LogP contribution in [0, 0.1) is 0 Å². The fraction of sp³-hybridized carbons (Fsp3) is 1.00. The second-order valence-corrected chi connectivity index (χ2v) is 11.1. The SMILES string of the molecule is OCCC(NCCCCCCCCCCCCNC(CCO)O[C@@H]1O[C@H](CO)[C@H](O)[C@@H]1O)O[C@@H]1O[C@H](CO)[C@H](O)[C@@H]1O. The van der Waals surface area contributed by atoms with Crippen LogP contribution >= 0.6 is 0 Å². The first-order chi connectivity index (χ1) is 20.4. The highest BCUT2D eigenvalue weighted by Crippen LogP contribution is 2.24. The van der Waals surface area contributed by atoms with Gasteiger partial charge in [0.1, 0.15) is 49.1 Å². The molecule has 2 heterocycles. The molecular formula is C28H56N2O12. The normalized spacial score (nSPS) is 31.1. The molecule has 14 nitrogen and oxygen atoms in total. The van der Waals surface area contributed by atoms with E-state index in [1.165, 1.54) is 25.7 Å². The molecule has 0 aromatic carbocycles. The Bertz CT molecular complexity index is 614. The number of aliphatic hydroxyl groups excluding tert-OH is 8. The molecule has 0 spiro atoms. The third-order valence-corrected chi connectivity index (χ3v) is 7.72. The van der Waals surface area contributed by atoms with Crippen molar-refractivity contribution in [2.45, 2.75) is 139 Å². The zero-order valence-corrected chi connectivity index (χ0v) is 24.7. The van der Waals surface area contributed by atoms with Crippen molar-refractivity contribution in [2.75, 3.05) is 39.5 Å². The third kappa shape index (κ3) is 13.2. The number of unbranched alkanes of at least 4 members (excludes halogenated alkanes) is 9. The second-order valence-electron chi connectivity index (χ2n) is 11.1. The molecule has 42 heavy (non-hydrogen) atoms. The van der Waals surface area contributed by atoms with Crippen LogP contribution in [0.25, 0.3) is 0 Å². The molecule has 2 fully saturated rings. The molecule has 2 rings (SSSR count). The van der Waals surface area contributed by atoms with Crippen molar-refractivity contribution in [3.63, 3.8) is 0 Å². The number of ether oxygens (including phenoxy) is 4. The van der Waals surface area contributed by atoms with E-state index in [4.69, 9.17) is 18.9 Å². The molecule has 250 valence electrons. The molecule has 0 aromatic rings. The second kappa shape index (κ2) is 22.0. The van der Waals surface area contributed by atoms with E-state index in [1.807, 2.05) is 0 Å². The monoisotopic (exact) mass is 612 g/mol. The van der Waals surface area contributed by atoms with Gasteiger partial charge in [-0.15, -0.1) is 0 Å². The predicted molar refractivity (Wildman–Crippen MR) is 151 cm³/mol. The molecule has 0 amide bonds. The van der Waals surface area contributed by atoms with Gasteiger partial charge in [-0.1, -0.05) is 51.4 Å². The van der Waals surface area contributed by atoms with Crippen LogP contribution in [0.15, 0.2) is 0 Å². The lowest BCUT2D eigenvalue weighted by Gasteiger charge is -2.24. The van der Waals surface area contributed by atoms with Crippen LogP contribution in [0.3, 0.4) is 0 Å². The van der Waals surface area contributed by atoms with Crippen molar-refractivity contribution < 1.29 is 59.8 Å². The maximum Gasteiger partial charge on any atom is 0.188 e. The fourth-order valence-corrected chi connectivity index (χ4v) is 5.14. The molecule has 10 atom stereocenters. The average molecular weight is 613 g/mol. The first-order valence-electron chi connectivity index (χ1n) is 15.6. The predicted octanol–water partition coefficient (Wildman–Crippen LogP) is -1.61. The maximum atomic E-state index is 10.0. The van der Waals surface area contributed by atoms with Gasteiger partial charge in [-0.25, -0.2) is 0 Å². The molecule has 2 unspecified atom stereocenters. The van der Waals surface area contributed by atoms with Crippen molar-refractivity contribution >= 4 is 0 Å². The van der Waals surface area contributed by atoms with Crippen molar-refractivity contribution in [2.24, 2.45) is 0 Å². The minimum Gasteiger partial charge on any atom is -0.396 e. The van der Waals surface area contributed by atoms with Crippen LogP contribution in [-0.2, 0) is 18.9 Å². The molecule has 14 heteroatoms. The van der Waals surface area contributed by atoms with E-state index in [0.717, 1.165) is 38.5 Å². The number of nitrogens with one attached hydrogen (secondary N) is 2. The molecule has 2 aliphatic heterocycles. The van der Waals surface area contributed by atoms with Crippen LogP contribution in [0.4, 0.5) is 0 Å². The molecule has 0 radical (unpaired) electrons. The van der Waals surface area contributed by atoms with E-state index in [2.05, 4.69) is 10.6 Å². The van der Waals surface area contributed by atoms with Crippen LogP contribution in [-0.4, -0.2) is 142 Å². The Morgan fingerprint density at radius 2 is 0.833 bits per heavy atom. The van der Waals surface area contributed by atoms with E-state index in [9.17, 15) is 40.9 Å². The maximum absolute atomic E-state index is 10.0. The molecule has 2 aliphatic rings. The number of aliphatic hydroxyl groups is 8. The molecule has 2 saturated heterocycles. The van der Waals surface area contributed by atoms with Gasteiger partial charge in [0.05, 0.1) is 13.2 Å². The summed E-state index contributed by atoms with van der Waals surface area (Å²) in [6.45, 7) is 0.360. The molecule has 10 N–H and O–H groups in total. The van der Waals surface area contributed by atoms with Gasteiger partial charge in [0.15, 0.2) is 12.6 Å². The highest BCUT2D eigenvalue weighted by molar-refractivity contribution is 4.87. The molecule has 0 aromatic heterocycles. The largest absolute Gasteiger partial charge is 0.396 e. The van der Waals surface area contributed by atoms with Gasteiger partial charge in [0, 0.05) is 26.1 Å². The van der Waals surface area contributed by atoms with Crippen molar-refractivity contribution in [1.29, 1.82) is 0 Å². The Labute approximate surface area is 248 Å². The summed E-state index contributed by atoms with van der Waals surface area (Å²) in [4.78, 5) is 0. The van der Waals surface area contributed by atoms with Gasteiger partial charge in [-0.2, -0.15) is 0 Å². The fourth-order valence-electron chi connectivity index (χ4n) is 5.14. The Balaban J connectivity index is 1.43. The highest BCUT2D eigenvalue weighted by Gasteiger charge is 2.45. The summed E-state index contributed by atoms with van der Waals surface area (Å²) < 4.78 is 22.0. The summed E-state index contributed by atoms with van der Waals surface area (Å²) >= 11 is 0. The number of rotatable bonds is 25. The van der Waals surface area contributed by atoms with Gasteiger partial charge < -0.3 is 59.8 Å². The number of hydrogen-bond donors (Lipinski definition) is 10. The van der Waals surface area contributed by atoms with Gasteiger partial charge in [-0.3, -0.25) is 10.6 Å². The van der Waals surface area contributed by atoms with E-state index >= 15 is 0 Å². The van der Waals surface area contributed by atoms with Crippen LogP contribution in [0.2, 0.25) is 0 Å². The number of hydrogen-bond acceptors (Lipinski definition) is 14. The zero-order valence-electron chi connectivity index (χ0n) is 24.7. The molecule has 0 saturated carbocycles. The first kappa shape index (κ1) is 37.6. The standard InChI is InChI=1S/C28H56N2O12/c31-15-11-21(41-27-25(37)23(35)19(17-33)39-27)29-13-9-7-5-3-1-2-4-6-8-10-14-30-22(12-16-32)42-28-26(38)24(36)20(18-34)40-28/h19-38H,1-18H2/t19-,20-,21?,22?,23+,24+,25+,26+,27+,28+/m1/s1. The lowest BCUT2D eigenvalue weighted by molar-refractivity contribution is -0.202. The Hall–Kier alpha value is -0.560. The third-order valence-electron chi connectivity index (χ3n) is 7.72. The van der Waals surface area contributed by atoms with Crippen molar-refractivity contribution in [3.8, 4) is 0 Å².